The van der Waals surface area contributed by atoms with Gasteiger partial charge in [-0.3, -0.25) is 0 Å². The summed E-state index contributed by atoms with van der Waals surface area (Å²) in [4.78, 5) is 30.6. The molecule has 0 aliphatic carbocycles. The summed E-state index contributed by atoms with van der Waals surface area (Å²) in [5.41, 5.74) is 0.658. The Morgan fingerprint density at radius 1 is 1.12 bits per heavy atom. The summed E-state index contributed by atoms with van der Waals surface area (Å²) >= 11 is 0. The summed E-state index contributed by atoms with van der Waals surface area (Å²) in [6.45, 7) is 0. The highest BCUT2D eigenvalue weighted by Crippen LogP contribution is 2.07. The number of hydrogen-bond acceptors (Lipinski definition) is 6. The standard InChI is InChI=1S/C10H10O4.CHNO/c1-13-9(11)7-4-3-5-8(6-7)10(12)14-2;2-1-3/h3-6H,1-2H3;2H. The smallest absolute Gasteiger partial charge is 0.337 e. The lowest BCUT2D eigenvalue weighted by atomic mass is 10.1. The summed E-state index contributed by atoms with van der Waals surface area (Å²) in [5, 5.41) is 5.40. The molecule has 0 atom stereocenters. The molecule has 0 spiro atoms. The van der Waals surface area contributed by atoms with Gasteiger partial charge in [0.05, 0.1) is 25.3 Å². The van der Waals surface area contributed by atoms with Crippen molar-refractivity contribution in [1.29, 1.82) is 5.41 Å². The van der Waals surface area contributed by atoms with E-state index in [2.05, 4.69) is 9.47 Å². The Morgan fingerprint density at radius 3 is 1.76 bits per heavy atom. The number of benzene rings is 1. The van der Waals surface area contributed by atoms with Crippen LogP contribution in [0.3, 0.4) is 0 Å². The molecule has 1 aromatic carbocycles. The van der Waals surface area contributed by atoms with Crippen LogP contribution in [0.4, 0.5) is 0 Å². The van der Waals surface area contributed by atoms with Gasteiger partial charge in [0.25, 0.3) is 0 Å². The third-order valence-electron chi connectivity index (χ3n) is 1.70. The van der Waals surface area contributed by atoms with Crippen molar-refractivity contribution in [1.82, 2.24) is 0 Å². The molecule has 0 unspecified atom stereocenters. The third-order valence-corrected chi connectivity index (χ3v) is 1.70. The molecule has 0 radical (unpaired) electrons. The van der Waals surface area contributed by atoms with Gasteiger partial charge in [-0.05, 0) is 18.2 Å². The van der Waals surface area contributed by atoms with Crippen molar-refractivity contribution in [3.05, 3.63) is 35.4 Å². The van der Waals surface area contributed by atoms with Crippen LogP contribution < -0.4 is 0 Å². The molecule has 0 bridgehead atoms. The van der Waals surface area contributed by atoms with Crippen LogP contribution in [0.15, 0.2) is 24.3 Å². The molecule has 0 aliphatic heterocycles. The normalized spacial score (nSPS) is 8.12. The van der Waals surface area contributed by atoms with Crippen molar-refractivity contribution in [2.24, 2.45) is 0 Å². The van der Waals surface area contributed by atoms with Gasteiger partial charge in [0.1, 0.15) is 0 Å². The molecule has 1 rings (SSSR count). The number of esters is 2. The van der Waals surface area contributed by atoms with Gasteiger partial charge in [0.2, 0.25) is 6.08 Å². The second kappa shape index (κ2) is 7.78. The van der Waals surface area contributed by atoms with E-state index in [1.54, 1.807) is 18.2 Å². The Balaban J connectivity index is 0.000000770. The van der Waals surface area contributed by atoms with Gasteiger partial charge in [-0.1, -0.05) is 6.07 Å². The van der Waals surface area contributed by atoms with Gasteiger partial charge >= 0.3 is 11.9 Å². The number of rotatable bonds is 2. The van der Waals surface area contributed by atoms with Crippen molar-refractivity contribution in [2.45, 2.75) is 0 Å². The average Bonchev–Trinajstić information content (AvgIpc) is 2.38. The minimum atomic E-state index is -0.476. The molecule has 0 heterocycles. The van der Waals surface area contributed by atoms with E-state index in [0.29, 0.717) is 11.1 Å². The highest BCUT2D eigenvalue weighted by Gasteiger charge is 2.09. The summed E-state index contributed by atoms with van der Waals surface area (Å²) in [7, 11) is 2.57. The minimum Gasteiger partial charge on any atom is -0.465 e. The van der Waals surface area contributed by atoms with E-state index in [-0.39, 0.29) is 0 Å². The highest BCUT2D eigenvalue weighted by molar-refractivity contribution is 5.95. The lowest BCUT2D eigenvalue weighted by molar-refractivity contribution is 0.0599. The summed E-state index contributed by atoms with van der Waals surface area (Å²) in [5.74, 6) is -0.952. The molecule has 1 aromatic rings. The van der Waals surface area contributed by atoms with Crippen LogP contribution in [-0.4, -0.2) is 32.2 Å². The molecular weight excluding hydrogens is 226 g/mol. The monoisotopic (exact) mass is 237 g/mol. The van der Waals surface area contributed by atoms with E-state index in [1.165, 1.54) is 20.3 Å². The van der Waals surface area contributed by atoms with Crippen molar-refractivity contribution in [3.8, 4) is 0 Å². The maximum atomic E-state index is 11.1. The molecule has 17 heavy (non-hydrogen) atoms. The number of hydrogen-bond donors (Lipinski definition) is 1. The SMILES string of the molecule is COC(=O)c1cccc(C(=O)OC)c1.N=C=O. The Hall–Kier alpha value is -2.46. The van der Waals surface area contributed by atoms with E-state index in [9.17, 15) is 9.59 Å². The number of methoxy groups -OCH3 is 2. The fourth-order valence-electron chi connectivity index (χ4n) is 1.01. The maximum absolute atomic E-state index is 11.1. The first-order valence-corrected chi connectivity index (χ1v) is 4.41. The molecule has 0 fully saturated rings. The van der Waals surface area contributed by atoms with Crippen molar-refractivity contribution in [2.75, 3.05) is 14.2 Å². The summed E-state index contributed by atoms with van der Waals surface area (Å²) < 4.78 is 9.03. The minimum absolute atomic E-state index is 0.329. The number of carbonyl (C=O) groups is 2. The molecule has 6 nitrogen and oxygen atoms in total. The quantitative estimate of drug-likeness (QED) is 0.473. The van der Waals surface area contributed by atoms with E-state index in [4.69, 9.17) is 10.2 Å². The Morgan fingerprint density at radius 2 is 1.47 bits per heavy atom. The predicted molar refractivity (Wildman–Crippen MR) is 57.5 cm³/mol. The molecule has 6 heteroatoms. The first-order chi connectivity index (χ1) is 8.10. The van der Waals surface area contributed by atoms with Gasteiger partial charge in [0, 0.05) is 0 Å². The second-order valence-corrected chi connectivity index (χ2v) is 2.67. The van der Waals surface area contributed by atoms with E-state index < -0.39 is 11.9 Å². The number of carbonyl (C=O) groups excluding carboxylic acids is 3. The lowest BCUT2D eigenvalue weighted by Crippen LogP contribution is -2.05. The summed E-state index contributed by atoms with van der Waals surface area (Å²) in [6.07, 6.45) is 0.750. The van der Waals surface area contributed by atoms with Gasteiger partial charge < -0.3 is 9.47 Å². The second-order valence-electron chi connectivity index (χ2n) is 2.67. The maximum Gasteiger partial charge on any atom is 0.337 e. The molecular formula is C11H11NO5. The molecule has 90 valence electrons. The van der Waals surface area contributed by atoms with Crippen LogP contribution in [-0.2, 0) is 14.3 Å². The molecule has 0 amide bonds. The van der Waals surface area contributed by atoms with Crippen LogP contribution >= 0.6 is 0 Å². The Kier molecular flexibility index (Phi) is 6.66. The summed E-state index contributed by atoms with van der Waals surface area (Å²) in [6, 6.07) is 6.16. The van der Waals surface area contributed by atoms with Gasteiger partial charge in [-0.25, -0.2) is 19.8 Å². The first-order valence-electron chi connectivity index (χ1n) is 4.41. The number of nitrogens with one attached hydrogen (secondary N) is 1. The van der Waals surface area contributed by atoms with Gasteiger partial charge in [-0.2, -0.15) is 0 Å². The van der Waals surface area contributed by atoms with Gasteiger partial charge in [-0.15, -0.1) is 0 Å². The zero-order valence-corrected chi connectivity index (χ0v) is 9.35. The predicted octanol–water partition coefficient (Wildman–Crippen LogP) is 1.16. The van der Waals surface area contributed by atoms with Crippen LogP contribution in [0.1, 0.15) is 20.7 Å². The zero-order chi connectivity index (χ0) is 13.3. The Bertz CT molecular complexity index is 404. The van der Waals surface area contributed by atoms with E-state index in [1.807, 2.05) is 0 Å². The van der Waals surface area contributed by atoms with Crippen molar-refractivity contribution < 1.29 is 23.9 Å². The molecule has 0 aliphatic rings. The van der Waals surface area contributed by atoms with E-state index >= 15 is 0 Å². The molecule has 0 saturated carbocycles. The fourth-order valence-corrected chi connectivity index (χ4v) is 1.01. The van der Waals surface area contributed by atoms with Crippen molar-refractivity contribution in [3.63, 3.8) is 0 Å². The largest absolute Gasteiger partial charge is 0.465 e. The Labute approximate surface area is 97.7 Å². The zero-order valence-electron chi connectivity index (χ0n) is 9.35. The van der Waals surface area contributed by atoms with Crippen LogP contribution in [0.2, 0.25) is 0 Å². The molecule has 0 saturated heterocycles. The topological polar surface area (TPSA) is 93.5 Å². The van der Waals surface area contributed by atoms with Crippen LogP contribution in [0.5, 0.6) is 0 Å². The number of ether oxygens (including phenoxy) is 2. The van der Waals surface area contributed by atoms with E-state index in [0.717, 1.165) is 6.08 Å². The average molecular weight is 237 g/mol. The highest BCUT2D eigenvalue weighted by atomic mass is 16.5. The van der Waals surface area contributed by atoms with Crippen molar-refractivity contribution >= 4 is 18.0 Å². The van der Waals surface area contributed by atoms with Crippen LogP contribution in [0, 0.1) is 5.41 Å². The number of isocyanates is 1. The first kappa shape index (κ1) is 14.5. The molecule has 0 aromatic heterocycles. The fraction of sp³-hybridized carbons (Fsp3) is 0.182. The lowest BCUT2D eigenvalue weighted by Gasteiger charge is -2.01. The van der Waals surface area contributed by atoms with Crippen LogP contribution in [0.25, 0.3) is 0 Å². The molecule has 1 N–H and O–H groups in total. The third kappa shape index (κ3) is 4.72. The van der Waals surface area contributed by atoms with Gasteiger partial charge in [0.15, 0.2) is 0 Å².